The molecule has 1 fully saturated rings. The molecule has 0 spiro atoms. The molecule has 1 aliphatic heterocycles. The van der Waals surface area contributed by atoms with Gasteiger partial charge in [0.05, 0.1) is 6.61 Å². The molecule has 1 aliphatic rings. The maximum absolute atomic E-state index is 12.3. The van der Waals surface area contributed by atoms with E-state index in [4.69, 9.17) is 53.8 Å². The van der Waals surface area contributed by atoms with Gasteiger partial charge in [-0.05, 0) is 0 Å². The van der Waals surface area contributed by atoms with E-state index in [2.05, 4.69) is 0 Å². The Hall–Kier alpha value is -1.13. The average molecular weight is 422 g/mol. The smallest absolute Gasteiger partial charge is 0.303 e. The van der Waals surface area contributed by atoms with Crippen LogP contribution in [-0.2, 0) is 38.1 Å². The summed E-state index contributed by atoms with van der Waals surface area (Å²) in [5.41, 5.74) is 0. The van der Waals surface area contributed by atoms with Gasteiger partial charge in [0.25, 0.3) is 9.58 Å². The van der Waals surface area contributed by atoms with Gasteiger partial charge in [-0.1, -0.05) is 34.8 Å². The minimum atomic E-state index is -2.95. The van der Waals surface area contributed by atoms with Crippen molar-refractivity contribution in [3.05, 3.63) is 0 Å². The van der Waals surface area contributed by atoms with Crippen LogP contribution in [0.4, 0.5) is 0 Å². The van der Waals surface area contributed by atoms with Crippen molar-refractivity contribution in [1.82, 2.24) is 0 Å². The monoisotopic (exact) mass is 420 g/mol. The summed E-state index contributed by atoms with van der Waals surface area (Å²) in [6.45, 7) is 2.44. The van der Waals surface area contributed by atoms with Gasteiger partial charge in [-0.25, -0.2) is 0 Å². The van der Waals surface area contributed by atoms with Gasteiger partial charge in [0.2, 0.25) is 11.9 Å². The van der Waals surface area contributed by atoms with E-state index in [1.54, 1.807) is 0 Å². The fourth-order valence-corrected chi connectivity index (χ4v) is 2.58. The van der Waals surface area contributed by atoms with E-state index in [1.807, 2.05) is 0 Å². The number of alkyl halides is 3. The highest BCUT2D eigenvalue weighted by molar-refractivity contribution is 6.76. The molecule has 0 aromatic carbocycles. The summed E-state index contributed by atoms with van der Waals surface area (Å²) in [5.74, 6) is -7.04. The summed E-state index contributed by atoms with van der Waals surface area (Å²) in [5, 5.41) is 10.6. The van der Waals surface area contributed by atoms with Crippen LogP contribution in [0.15, 0.2) is 0 Å². The maximum Gasteiger partial charge on any atom is 0.303 e. The predicted molar refractivity (Wildman–Crippen MR) is 82.9 cm³/mol. The Morgan fingerprint density at radius 3 is 1.88 bits per heavy atom. The summed E-state index contributed by atoms with van der Waals surface area (Å²) in [7, 11) is 0. The molecule has 142 valence electrons. The number of halogens is 3. The topological polar surface area (TPSA) is 125 Å². The van der Waals surface area contributed by atoms with Crippen LogP contribution in [-0.4, -0.2) is 63.3 Å². The summed E-state index contributed by atoms with van der Waals surface area (Å²) in [6.07, 6.45) is -4.82. The zero-order valence-electron chi connectivity index (χ0n) is 13.3. The standard InChI is InChI=1S/C13H15Cl3O9/c1-5(17)23-8-4-22-12(21,11(20)13(14,15)16)10(25-7(3)19)9(8)24-6(2)18/h8-10,21H,4H2,1-3H3/t8-,9+,10-,12-/m1/s1. The van der Waals surface area contributed by atoms with E-state index in [9.17, 15) is 24.3 Å². The third-order valence-electron chi connectivity index (χ3n) is 3.01. The fraction of sp³-hybridized carbons (Fsp3) is 0.692. The Kier molecular flexibility index (Phi) is 7.05. The second-order valence-corrected chi connectivity index (χ2v) is 7.37. The second-order valence-electron chi connectivity index (χ2n) is 5.09. The molecule has 25 heavy (non-hydrogen) atoms. The van der Waals surface area contributed by atoms with Crippen molar-refractivity contribution in [1.29, 1.82) is 0 Å². The van der Waals surface area contributed by atoms with Crippen LogP contribution in [0.3, 0.4) is 0 Å². The van der Waals surface area contributed by atoms with E-state index in [1.165, 1.54) is 0 Å². The molecule has 0 aromatic rings. The molecule has 0 aliphatic carbocycles. The number of hydrogen-bond donors (Lipinski definition) is 1. The lowest BCUT2D eigenvalue weighted by Crippen LogP contribution is -2.68. The van der Waals surface area contributed by atoms with E-state index in [-0.39, 0.29) is 0 Å². The van der Waals surface area contributed by atoms with Crippen molar-refractivity contribution < 1.29 is 43.2 Å². The van der Waals surface area contributed by atoms with Gasteiger partial charge in [-0.2, -0.15) is 0 Å². The number of carbonyl (C=O) groups is 4. The Morgan fingerprint density at radius 1 is 1.00 bits per heavy atom. The van der Waals surface area contributed by atoms with Crippen molar-refractivity contribution in [2.24, 2.45) is 0 Å². The first-order valence-electron chi connectivity index (χ1n) is 6.78. The lowest BCUT2D eigenvalue weighted by molar-refractivity contribution is -0.308. The van der Waals surface area contributed by atoms with Crippen molar-refractivity contribution in [2.45, 2.75) is 48.7 Å². The lowest BCUT2D eigenvalue weighted by Gasteiger charge is -2.44. The quantitative estimate of drug-likeness (QED) is 0.391. The molecule has 1 rings (SSSR count). The van der Waals surface area contributed by atoms with Crippen molar-refractivity contribution >= 4 is 58.5 Å². The molecule has 0 bridgehead atoms. The summed E-state index contributed by atoms with van der Waals surface area (Å²) >= 11 is 16.5. The normalized spacial score (nSPS) is 29.5. The van der Waals surface area contributed by atoms with Crippen LogP contribution in [0.2, 0.25) is 0 Å². The van der Waals surface area contributed by atoms with Crippen LogP contribution in [0.1, 0.15) is 20.8 Å². The van der Waals surface area contributed by atoms with Crippen LogP contribution in [0.25, 0.3) is 0 Å². The fourth-order valence-electron chi connectivity index (χ4n) is 2.17. The van der Waals surface area contributed by atoms with Crippen LogP contribution in [0.5, 0.6) is 0 Å². The van der Waals surface area contributed by atoms with Gasteiger partial charge in [0.15, 0.2) is 12.2 Å². The number of Topliss-reactive ketones (excluding diaryl/α,β-unsaturated/α-hetero) is 1. The van der Waals surface area contributed by atoms with Crippen LogP contribution in [0, 0.1) is 0 Å². The number of carbonyl (C=O) groups excluding carboxylic acids is 4. The summed E-state index contributed by atoms with van der Waals surface area (Å²) in [4.78, 5) is 46.2. The summed E-state index contributed by atoms with van der Waals surface area (Å²) in [6, 6.07) is 0. The SMILES string of the molecule is CC(=O)O[C@@H]1[C@@H](OC(C)=O)[C@](O)(C(=O)C(Cl)(Cl)Cl)OC[C@H]1OC(C)=O. The molecule has 1 heterocycles. The van der Waals surface area contributed by atoms with E-state index < -0.39 is 58.2 Å². The maximum atomic E-state index is 12.3. The van der Waals surface area contributed by atoms with Gasteiger partial charge in [-0.15, -0.1) is 0 Å². The van der Waals surface area contributed by atoms with E-state index in [0.29, 0.717) is 0 Å². The number of esters is 3. The molecule has 0 saturated carbocycles. The molecule has 0 aromatic heterocycles. The van der Waals surface area contributed by atoms with E-state index >= 15 is 0 Å². The predicted octanol–water partition coefficient (Wildman–Crippen LogP) is 0.440. The Labute approximate surface area is 157 Å². The molecule has 1 saturated heterocycles. The largest absolute Gasteiger partial charge is 0.456 e. The first kappa shape index (κ1) is 21.9. The Bertz CT molecular complexity index is 574. The van der Waals surface area contributed by atoms with Crippen LogP contribution < -0.4 is 0 Å². The van der Waals surface area contributed by atoms with Gasteiger partial charge in [-0.3, -0.25) is 19.2 Å². The zero-order valence-corrected chi connectivity index (χ0v) is 15.6. The van der Waals surface area contributed by atoms with Gasteiger partial charge in [0, 0.05) is 20.8 Å². The minimum absolute atomic E-state index is 0.599. The van der Waals surface area contributed by atoms with Crippen molar-refractivity contribution in [2.75, 3.05) is 6.61 Å². The first-order chi connectivity index (χ1) is 11.3. The molecular weight excluding hydrogens is 406 g/mol. The Morgan fingerprint density at radius 2 is 1.48 bits per heavy atom. The molecule has 4 atom stereocenters. The van der Waals surface area contributed by atoms with Gasteiger partial charge >= 0.3 is 17.9 Å². The highest BCUT2D eigenvalue weighted by Gasteiger charge is 2.63. The number of ketones is 1. The summed E-state index contributed by atoms with van der Waals surface area (Å²) < 4.78 is 17.1. The molecule has 0 amide bonds. The molecule has 0 radical (unpaired) electrons. The highest BCUT2D eigenvalue weighted by Crippen LogP contribution is 2.39. The second kappa shape index (κ2) is 8.05. The molecule has 1 N–H and O–H groups in total. The zero-order chi connectivity index (χ0) is 19.6. The van der Waals surface area contributed by atoms with Crippen molar-refractivity contribution in [3.8, 4) is 0 Å². The number of hydrogen-bond acceptors (Lipinski definition) is 9. The third-order valence-corrected chi connectivity index (χ3v) is 3.53. The van der Waals surface area contributed by atoms with Gasteiger partial charge in [0.1, 0.15) is 0 Å². The number of rotatable bonds is 4. The molecule has 12 heteroatoms. The lowest BCUT2D eigenvalue weighted by atomic mass is 9.93. The third kappa shape index (κ3) is 5.42. The molecular formula is C13H15Cl3O9. The average Bonchev–Trinajstić information content (AvgIpc) is 2.43. The first-order valence-corrected chi connectivity index (χ1v) is 7.92. The highest BCUT2D eigenvalue weighted by atomic mass is 35.6. The number of aliphatic hydroxyl groups is 1. The Balaban J connectivity index is 3.36. The minimum Gasteiger partial charge on any atom is -0.456 e. The van der Waals surface area contributed by atoms with Gasteiger partial charge < -0.3 is 24.1 Å². The molecule has 0 unspecified atom stereocenters. The number of ether oxygens (including phenoxy) is 4. The van der Waals surface area contributed by atoms with E-state index in [0.717, 1.165) is 20.8 Å². The van der Waals surface area contributed by atoms with Crippen molar-refractivity contribution in [3.63, 3.8) is 0 Å². The molecule has 9 nitrogen and oxygen atoms in total. The van der Waals surface area contributed by atoms with Crippen LogP contribution >= 0.6 is 34.8 Å².